The van der Waals surface area contributed by atoms with Gasteiger partial charge in [-0.1, -0.05) is 0 Å². The molecule has 2 aliphatic heterocycles. The van der Waals surface area contributed by atoms with Crippen LogP contribution in [0, 0.1) is 12.3 Å². The lowest BCUT2D eigenvalue weighted by Gasteiger charge is -2.37. The number of ether oxygens (including phenoxy) is 2. The van der Waals surface area contributed by atoms with Crippen molar-refractivity contribution in [3.63, 3.8) is 0 Å². The quantitative estimate of drug-likeness (QED) is 0.715. The monoisotopic (exact) mass is 358 g/mol. The second-order valence-corrected chi connectivity index (χ2v) is 7.71. The minimum atomic E-state index is -0.526. The average molecular weight is 358 g/mol. The molecule has 140 valence electrons. The SMILES string of the molecule is C#Cc1nc2c(c(N3CCOC[C@H]3C)n1)CCN(C(=O)OC(C)(C)C)C2. The Labute approximate surface area is 154 Å². The fourth-order valence-corrected chi connectivity index (χ4v) is 3.24. The molecule has 7 nitrogen and oxygen atoms in total. The highest BCUT2D eigenvalue weighted by Gasteiger charge is 2.31. The Morgan fingerprint density at radius 2 is 2.12 bits per heavy atom. The Kier molecular flexibility index (Phi) is 5.05. The van der Waals surface area contributed by atoms with Crippen LogP contribution >= 0.6 is 0 Å². The molecule has 0 aliphatic carbocycles. The number of hydrogen-bond donors (Lipinski definition) is 0. The zero-order valence-electron chi connectivity index (χ0n) is 15.9. The van der Waals surface area contributed by atoms with E-state index in [1.807, 2.05) is 20.8 Å². The Balaban J connectivity index is 1.90. The average Bonchev–Trinajstić information content (AvgIpc) is 2.59. The van der Waals surface area contributed by atoms with Crippen molar-refractivity contribution in [2.75, 3.05) is 31.2 Å². The van der Waals surface area contributed by atoms with E-state index in [0.29, 0.717) is 38.5 Å². The van der Waals surface area contributed by atoms with Crippen molar-refractivity contribution in [1.29, 1.82) is 0 Å². The molecular formula is C19H26N4O3. The third-order valence-corrected chi connectivity index (χ3v) is 4.46. The van der Waals surface area contributed by atoms with Crippen LogP contribution in [-0.2, 0) is 22.4 Å². The molecule has 0 spiro atoms. The molecule has 1 atom stereocenters. The number of carbonyl (C=O) groups excluding carboxylic acids is 1. The van der Waals surface area contributed by atoms with Crippen LogP contribution in [0.25, 0.3) is 0 Å². The summed E-state index contributed by atoms with van der Waals surface area (Å²) in [6.07, 6.45) is 5.92. The van der Waals surface area contributed by atoms with Crippen molar-refractivity contribution in [2.24, 2.45) is 0 Å². The normalized spacial score (nSPS) is 20.3. The van der Waals surface area contributed by atoms with Gasteiger partial charge in [-0.15, -0.1) is 6.42 Å². The molecule has 1 amide bonds. The van der Waals surface area contributed by atoms with Gasteiger partial charge in [-0.2, -0.15) is 0 Å². The molecule has 0 unspecified atom stereocenters. The lowest BCUT2D eigenvalue weighted by Crippen LogP contribution is -2.46. The molecule has 0 radical (unpaired) electrons. The fraction of sp³-hybridized carbons (Fsp3) is 0.632. The lowest BCUT2D eigenvalue weighted by molar-refractivity contribution is 0.0220. The number of anilines is 1. The summed E-state index contributed by atoms with van der Waals surface area (Å²) in [6.45, 7) is 10.7. The summed E-state index contributed by atoms with van der Waals surface area (Å²) < 4.78 is 11.0. The first kappa shape index (κ1) is 18.5. The van der Waals surface area contributed by atoms with Crippen LogP contribution in [0.5, 0.6) is 0 Å². The number of morpholine rings is 1. The Bertz CT molecular complexity index is 736. The molecule has 7 heteroatoms. The van der Waals surface area contributed by atoms with E-state index >= 15 is 0 Å². The van der Waals surface area contributed by atoms with Gasteiger partial charge in [-0.3, -0.25) is 0 Å². The molecule has 0 saturated carbocycles. The predicted molar refractivity (Wildman–Crippen MR) is 97.9 cm³/mol. The summed E-state index contributed by atoms with van der Waals surface area (Å²) in [5.74, 6) is 3.77. The highest BCUT2D eigenvalue weighted by Crippen LogP contribution is 2.29. The third kappa shape index (κ3) is 3.91. The molecule has 1 aromatic rings. The summed E-state index contributed by atoms with van der Waals surface area (Å²) >= 11 is 0. The van der Waals surface area contributed by atoms with Gasteiger partial charge in [-0.25, -0.2) is 14.8 Å². The van der Waals surface area contributed by atoms with E-state index in [9.17, 15) is 4.79 Å². The van der Waals surface area contributed by atoms with Gasteiger partial charge in [0.2, 0.25) is 5.82 Å². The fourth-order valence-electron chi connectivity index (χ4n) is 3.24. The van der Waals surface area contributed by atoms with Crippen molar-refractivity contribution in [2.45, 2.75) is 52.3 Å². The summed E-state index contributed by atoms with van der Waals surface area (Å²) in [4.78, 5) is 25.4. The maximum absolute atomic E-state index is 12.4. The minimum absolute atomic E-state index is 0.220. The lowest BCUT2D eigenvalue weighted by atomic mass is 10.0. The van der Waals surface area contributed by atoms with Gasteiger partial charge >= 0.3 is 6.09 Å². The molecule has 1 saturated heterocycles. The second kappa shape index (κ2) is 7.12. The van der Waals surface area contributed by atoms with Crippen LogP contribution < -0.4 is 4.90 Å². The number of carbonyl (C=O) groups is 1. The molecule has 3 heterocycles. The molecule has 2 aliphatic rings. The van der Waals surface area contributed by atoms with Crippen molar-refractivity contribution in [1.82, 2.24) is 14.9 Å². The van der Waals surface area contributed by atoms with Gasteiger partial charge in [-0.05, 0) is 40.0 Å². The first-order chi connectivity index (χ1) is 12.3. The van der Waals surface area contributed by atoms with Crippen LogP contribution in [0.15, 0.2) is 0 Å². The van der Waals surface area contributed by atoms with Gasteiger partial charge < -0.3 is 19.3 Å². The molecule has 1 fully saturated rings. The van der Waals surface area contributed by atoms with Crippen LogP contribution in [0.2, 0.25) is 0 Å². The first-order valence-corrected chi connectivity index (χ1v) is 8.97. The number of nitrogens with zero attached hydrogens (tertiary/aromatic N) is 4. The van der Waals surface area contributed by atoms with Gasteiger partial charge in [0, 0.05) is 18.7 Å². The Morgan fingerprint density at radius 1 is 1.35 bits per heavy atom. The highest BCUT2D eigenvalue weighted by molar-refractivity contribution is 5.69. The van der Waals surface area contributed by atoms with E-state index in [0.717, 1.165) is 23.6 Å². The number of amides is 1. The molecule has 0 N–H and O–H groups in total. The Hall–Kier alpha value is -2.33. The highest BCUT2D eigenvalue weighted by atomic mass is 16.6. The van der Waals surface area contributed by atoms with E-state index in [4.69, 9.17) is 15.9 Å². The van der Waals surface area contributed by atoms with E-state index in [1.54, 1.807) is 4.90 Å². The topological polar surface area (TPSA) is 67.8 Å². The zero-order valence-corrected chi connectivity index (χ0v) is 15.9. The van der Waals surface area contributed by atoms with Crippen LogP contribution in [0.3, 0.4) is 0 Å². The zero-order chi connectivity index (χ0) is 18.9. The predicted octanol–water partition coefficient (Wildman–Crippen LogP) is 1.98. The number of rotatable bonds is 1. The van der Waals surface area contributed by atoms with Crippen LogP contribution in [0.1, 0.15) is 44.8 Å². The summed E-state index contributed by atoms with van der Waals surface area (Å²) in [5, 5.41) is 0. The second-order valence-electron chi connectivity index (χ2n) is 7.71. The van der Waals surface area contributed by atoms with E-state index < -0.39 is 5.60 Å². The molecule has 1 aromatic heterocycles. The van der Waals surface area contributed by atoms with Crippen molar-refractivity contribution in [3.8, 4) is 12.3 Å². The molecule has 0 bridgehead atoms. The molecule has 0 aromatic carbocycles. The number of aromatic nitrogens is 2. The summed E-state index contributed by atoms with van der Waals surface area (Å²) in [6, 6.07) is 0.220. The standard InChI is InChI=1S/C19H26N4O3/c1-6-16-20-15-11-22(18(24)26-19(3,4)5)8-7-14(15)17(21-16)23-9-10-25-12-13(23)2/h1,13H,7-12H2,2-5H3/t13-/m1/s1. The van der Waals surface area contributed by atoms with Gasteiger partial charge in [0.05, 0.1) is 31.5 Å². The molecule has 26 heavy (non-hydrogen) atoms. The smallest absolute Gasteiger partial charge is 0.410 e. The largest absolute Gasteiger partial charge is 0.444 e. The number of fused-ring (bicyclic) bond motifs is 1. The summed E-state index contributed by atoms with van der Waals surface area (Å²) in [7, 11) is 0. The first-order valence-electron chi connectivity index (χ1n) is 8.97. The third-order valence-electron chi connectivity index (χ3n) is 4.46. The van der Waals surface area contributed by atoms with E-state index in [2.05, 4.69) is 27.7 Å². The van der Waals surface area contributed by atoms with Crippen LogP contribution in [0.4, 0.5) is 10.6 Å². The maximum Gasteiger partial charge on any atom is 0.410 e. The van der Waals surface area contributed by atoms with Gasteiger partial charge in [0.1, 0.15) is 11.4 Å². The number of hydrogen-bond acceptors (Lipinski definition) is 6. The maximum atomic E-state index is 12.4. The van der Waals surface area contributed by atoms with Crippen molar-refractivity contribution in [3.05, 3.63) is 17.1 Å². The van der Waals surface area contributed by atoms with Crippen molar-refractivity contribution >= 4 is 11.9 Å². The van der Waals surface area contributed by atoms with Crippen LogP contribution in [-0.4, -0.2) is 58.9 Å². The van der Waals surface area contributed by atoms with Gasteiger partial charge in [0.25, 0.3) is 0 Å². The molecule has 3 rings (SSSR count). The summed E-state index contributed by atoms with van der Waals surface area (Å²) in [5.41, 5.74) is 1.35. The number of terminal acetylenes is 1. The van der Waals surface area contributed by atoms with Crippen molar-refractivity contribution < 1.29 is 14.3 Å². The van der Waals surface area contributed by atoms with E-state index in [-0.39, 0.29) is 12.1 Å². The van der Waals surface area contributed by atoms with Gasteiger partial charge in [0.15, 0.2) is 0 Å². The molecular weight excluding hydrogens is 332 g/mol. The minimum Gasteiger partial charge on any atom is -0.444 e. The van der Waals surface area contributed by atoms with E-state index in [1.165, 1.54) is 0 Å². The Morgan fingerprint density at radius 3 is 2.77 bits per heavy atom.